The monoisotopic (exact) mass is 306 g/mol. The smallest absolute Gasteiger partial charge is 0.417 e. The molecule has 0 aromatic heterocycles. The molecule has 0 N–H and O–H groups in total. The molecule has 0 fully saturated rings. The van der Waals surface area contributed by atoms with Gasteiger partial charge in [0.05, 0.1) is 0 Å². The van der Waals surface area contributed by atoms with Gasteiger partial charge in [-0.25, -0.2) is 9.36 Å². The molecule has 0 bridgehead atoms. The van der Waals surface area contributed by atoms with E-state index in [2.05, 4.69) is 9.05 Å². The molecule has 2 rings (SSSR count). The highest BCUT2D eigenvalue weighted by Gasteiger charge is 2.35. The highest BCUT2D eigenvalue weighted by atomic mass is 31.2. The highest BCUT2D eigenvalue weighted by Crippen LogP contribution is 2.48. The number of rotatable bonds is 5. The van der Waals surface area contributed by atoms with Crippen LogP contribution in [0.5, 0.6) is 5.75 Å². The summed E-state index contributed by atoms with van der Waals surface area (Å²) in [6, 6.07) is 16.6. The fourth-order valence-corrected chi connectivity index (χ4v) is 2.39. The van der Waals surface area contributed by atoms with Crippen LogP contribution in [0.15, 0.2) is 54.6 Å². The van der Waals surface area contributed by atoms with Crippen LogP contribution >= 0.6 is 7.60 Å². The average Bonchev–Trinajstić information content (AvgIpc) is 2.55. The zero-order valence-corrected chi connectivity index (χ0v) is 12.6. The zero-order chi connectivity index (χ0) is 15.3. The molecular weight excluding hydrogens is 291 g/mol. The molecular formula is C15H15O5P. The fraction of sp³-hybridized carbons (Fsp3) is 0.133. The minimum atomic E-state index is -3.87. The summed E-state index contributed by atoms with van der Waals surface area (Å²) < 4.78 is 26.0. The molecule has 0 radical (unpaired) electrons. The second kappa shape index (κ2) is 6.68. The van der Waals surface area contributed by atoms with Crippen LogP contribution in [0.4, 0.5) is 4.79 Å². The van der Waals surface area contributed by atoms with Gasteiger partial charge in [-0.1, -0.05) is 42.5 Å². The summed E-state index contributed by atoms with van der Waals surface area (Å²) in [6.45, 7) is 0. The van der Waals surface area contributed by atoms with Gasteiger partial charge in [-0.15, -0.1) is 0 Å². The SMILES string of the molecule is COP(=O)(OC)C(=O)Oc1ccc(-c2ccccc2)cc1. The third kappa shape index (κ3) is 3.58. The first-order valence-electron chi connectivity index (χ1n) is 6.18. The topological polar surface area (TPSA) is 61.8 Å². The second-order valence-electron chi connectivity index (χ2n) is 4.12. The van der Waals surface area contributed by atoms with Crippen molar-refractivity contribution in [1.29, 1.82) is 0 Å². The molecule has 110 valence electrons. The van der Waals surface area contributed by atoms with Crippen LogP contribution in [0.3, 0.4) is 0 Å². The molecule has 2 aromatic carbocycles. The van der Waals surface area contributed by atoms with Gasteiger partial charge >= 0.3 is 13.3 Å². The van der Waals surface area contributed by atoms with E-state index >= 15 is 0 Å². The maximum atomic E-state index is 11.8. The molecule has 0 amide bonds. The van der Waals surface area contributed by atoms with E-state index in [4.69, 9.17) is 4.74 Å². The largest absolute Gasteiger partial charge is 0.438 e. The van der Waals surface area contributed by atoms with E-state index in [0.717, 1.165) is 25.3 Å². The lowest BCUT2D eigenvalue weighted by molar-refractivity contribution is 0.203. The molecule has 5 nitrogen and oxygen atoms in total. The first kappa shape index (κ1) is 15.4. The van der Waals surface area contributed by atoms with Crippen molar-refractivity contribution >= 4 is 13.3 Å². The Hall–Kier alpha value is -1.94. The lowest BCUT2D eigenvalue weighted by Gasteiger charge is -2.12. The van der Waals surface area contributed by atoms with Crippen LogP contribution in [0.2, 0.25) is 0 Å². The highest BCUT2D eigenvalue weighted by molar-refractivity contribution is 7.71. The number of benzene rings is 2. The number of hydrogen-bond acceptors (Lipinski definition) is 5. The van der Waals surface area contributed by atoms with Gasteiger partial charge in [0, 0.05) is 14.2 Å². The van der Waals surface area contributed by atoms with Crippen molar-refractivity contribution in [3.05, 3.63) is 54.6 Å². The van der Waals surface area contributed by atoms with Gasteiger partial charge in [0.1, 0.15) is 5.75 Å². The lowest BCUT2D eigenvalue weighted by atomic mass is 10.1. The Kier molecular flexibility index (Phi) is 4.91. The molecule has 0 unspecified atom stereocenters. The van der Waals surface area contributed by atoms with E-state index in [0.29, 0.717) is 0 Å². The summed E-state index contributed by atoms with van der Waals surface area (Å²) in [5.74, 6) is 0.272. The molecule has 0 saturated heterocycles. The van der Waals surface area contributed by atoms with Crippen molar-refractivity contribution in [3.63, 3.8) is 0 Å². The Morgan fingerprint density at radius 3 is 1.90 bits per heavy atom. The molecule has 0 aliphatic carbocycles. The van der Waals surface area contributed by atoms with Gasteiger partial charge < -0.3 is 13.8 Å². The van der Waals surface area contributed by atoms with E-state index in [1.54, 1.807) is 12.1 Å². The number of carbonyl (C=O) groups is 1. The first-order chi connectivity index (χ1) is 10.1. The number of ether oxygens (including phenoxy) is 1. The zero-order valence-electron chi connectivity index (χ0n) is 11.7. The summed E-state index contributed by atoms with van der Waals surface area (Å²) in [6.07, 6.45) is 0. The quantitative estimate of drug-likeness (QED) is 0.769. The Balaban J connectivity index is 2.14. The fourth-order valence-electron chi connectivity index (χ4n) is 1.73. The summed E-state index contributed by atoms with van der Waals surface area (Å²) in [5.41, 5.74) is 0.992. The van der Waals surface area contributed by atoms with E-state index < -0.39 is 13.3 Å². The van der Waals surface area contributed by atoms with Crippen molar-refractivity contribution in [2.75, 3.05) is 14.2 Å². The van der Waals surface area contributed by atoms with Crippen LogP contribution in [0.25, 0.3) is 11.1 Å². The number of hydrogen-bond donors (Lipinski definition) is 0. The summed E-state index contributed by atoms with van der Waals surface area (Å²) >= 11 is 0. The minimum Gasteiger partial charge on any atom is -0.417 e. The Morgan fingerprint density at radius 2 is 1.38 bits per heavy atom. The first-order valence-corrected chi connectivity index (χ1v) is 7.72. The molecule has 0 saturated carbocycles. The average molecular weight is 306 g/mol. The molecule has 6 heteroatoms. The maximum Gasteiger partial charge on any atom is 0.438 e. The summed E-state index contributed by atoms with van der Waals surface area (Å²) in [5, 5.41) is 0. The molecule has 0 spiro atoms. The normalized spacial score (nSPS) is 11.1. The maximum absolute atomic E-state index is 11.8. The van der Waals surface area contributed by atoms with Crippen molar-refractivity contribution in [2.45, 2.75) is 0 Å². The van der Waals surface area contributed by atoms with Crippen LogP contribution < -0.4 is 4.74 Å². The van der Waals surface area contributed by atoms with Crippen LogP contribution in [0, 0.1) is 0 Å². The molecule has 2 aromatic rings. The van der Waals surface area contributed by atoms with E-state index in [-0.39, 0.29) is 5.75 Å². The van der Waals surface area contributed by atoms with Crippen LogP contribution in [0.1, 0.15) is 0 Å². The Bertz CT molecular complexity index is 644. The van der Waals surface area contributed by atoms with Gasteiger partial charge in [0.15, 0.2) is 0 Å². The van der Waals surface area contributed by atoms with Crippen LogP contribution in [-0.4, -0.2) is 19.9 Å². The third-order valence-corrected chi connectivity index (χ3v) is 4.37. The molecule has 0 aliphatic heterocycles. The molecule has 0 atom stereocenters. The Morgan fingerprint density at radius 1 is 0.857 bits per heavy atom. The third-order valence-electron chi connectivity index (χ3n) is 2.87. The predicted molar refractivity (Wildman–Crippen MR) is 79.5 cm³/mol. The van der Waals surface area contributed by atoms with E-state index in [1.807, 2.05) is 42.5 Å². The van der Waals surface area contributed by atoms with E-state index in [1.165, 1.54) is 0 Å². The van der Waals surface area contributed by atoms with E-state index in [9.17, 15) is 9.36 Å². The molecule has 0 heterocycles. The molecule has 21 heavy (non-hydrogen) atoms. The van der Waals surface area contributed by atoms with Crippen LogP contribution in [-0.2, 0) is 13.6 Å². The number of carbonyl (C=O) groups excluding carboxylic acids is 1. The minimum absolute atomic E-state index is 0.272. The van der Waals surface area contributed by atoms with Gasteiger partial charge in [0.2, 0.25) is 0 Å². The van der Waals surface area contributed by atoms with Crippen molar-refractivity contribution in [2.24, 2.45) is 0 Å². The standard InChI is InChI=1S/C15H15O5P/c1-18-21(17,19-2)15(16)20-14-10-8-13(9-11-14)12-6-4-3-5-7-12/h3-11H,1-2H3. The summed E-state index contributed by atoms with van der Waals surface area (Å²) in [7, 11) is -1.61. The Labute approximate surface area is 123 Å². The summed E-state index contributed by atoms with van der Waals surface area (Å²) in [4.78, 5) is 11.7. The van der Waals surface area contributed by atoms with Gasteiger partial charge in [-0.2, -0.15) is 0 Å². The van der Waals surface area contributed by atoms with Gasteiger partial charge in [-0.05, 0) is 23.3 Å². The lowest BCUT2D eigenvalue weighted by Crippen LogP contribution is -2.09. The second-order valence-corrected chi connectivity index (χ2v) is 6.21. The van der Waals surface area contributed by atoms with Crippen molar-refractivity contribution in [3.8, 4) is 16.9 Å². The van der Waals surface area contributed by atoms with Crippen molar-refractivity contribution < 1.29 is 23.1 Å². The van der Waals surface area contributed by atoms with Gasteiger partial charge in [-0.3, -0.25) is 0 Å². The molecule has 0 aliphatic rings. The van der Waals surface area contributed by atoms with Crippen molar-refractivity contribution in [1.82, 2.24) is 0 Å². The predicted octanol–water partition coefficient (Wildman–Crippen LogP) is 4.34. The van der Waals surface area contributed by atoms with Gasteiger partial charge in [0.25, 0.3) is 0 Å².